The fourth-order valence-electron chi connectivity index (χ4n) is 9.95. The molecule has 0 radical (unpaired) electrons. The lowest BCUT2D eigenvalue weighted by atomic mass is 9.90. The molecule has 2 aliphatic heterocycles. The highest BCUT2D eigenvalue weighted by atomic mass is 19.1. The van der Waals surface area contributed by atoms with Crippen LogP contribution in [0.1, 0.15) is 157 Å². The first-order valence-corrected chi connectivity index (χ1v) is 23.8. The van der Waals surface area contributed by atoms with Crippen LogP contribution in [0.25, 0.3) is 0 Å². The van der Waals surface area contributed by atoms with Crippen LogP contribution in [-0.4, -0.2) is 104 Å². The maximum Gasteiger partial charge on any atom is 0.410 e. The summed E-state index contributed by atoms with van der Waals surface area (Å²) < 4.78 is 40.3. The van der Waals surface area contributed by atoms with Crippen LogP contribution in [0.2, 0.25) is 0 Å². The number of ether oxygens (including phenoxy) is 2. The van der Waals surface area contributed by atoms with Gasteiger partial charge >= 0.3 is 18.2 Å². The smallest absolute Gasteiger partial charge is 0.410 e. The average molecular weight is 951 g/mol. The highest BCUT2D eigenvalue weighted by Gasteiger charge is 2.40. The Bertz CT molecular complexity index is 2350. The molecule has 3 aromatic rings. The van der Waals surface area contributed by atoms with Gasteiger partial charge in [-0.3, -0.25) is 9.59 Å². The fourth-order valence-corrected chi connectivity index (χ4v) is 9.95. The van der Waals surface area contributed by atoms with E-state index in [-0.39, 0.29) is 71.7 Å². The lowest BCUT2D eigenvalue weighted by Crippen LogP contribution is -2.56. The predicted molar refractivity (Wildman–Crippen MR) is 263 cm³/mol. The Labute approximate surface area is 401 Å². The summed E-state index contributed by atoms with van der Waals surface area (Å²) in [5.41, 5.74) is 3.30. The van der Waals surface area contributed by atoms with Gasteiger partial charge in [0.05, 0.1) is 5.56 Å². The molecule has 0 spiro atoms. The van der Waals surface area contributed by atoms with Crippen LogP contribution in [0.4, 0.5) is 29.7 Å². The minimum atomic E-state index is -1.14. The van der Waals surface area contributed by atoms with E-state index >= 15 is 0 Å². The number of anilines is 2. The maximum atomic E-state index is 14.9. The summed E-state index contributed by atoms with van der Waals surface area (Å²) in [6, 6.07) is 6.88. The zero-order valence-corrected chi connectivity index (χ0v) is 43.2. The minimum Gasteiger partial charge on any atom is -0.478 e. The quantitative estimate of drug-likeness (QED) is 0.178. The van der Waals surface area contributed by atoms with Crippen LogP contribution in [0, 0.1) is 39.3 Å². The van der Waals surface area contributed by atoms with E-state index in [0.717, 1.165) is 17.3 Å². The molecule has 68 heavy (non-hydrogen) atoms. The van der Waals surface area contributed by atoms with Gasteiger partial charge in [-0.05, 0) is 183 Å². The van der Waals surface area contributed by atoms with Gasteiger partial charge in [-0.15, -0.1) is 0 Å². The molecule has 2 aliphatic rings. The molecule has 16 heteroatoms. The number of hydrogen-bond donors (Lipinski definition) is 3. The first-order chi connectivity index (χ1) is 31.5. The number of nitrogens with zero attached hydrogens (tertiary/aromatic N) is 4. The number of pyridine rings is 1. The predicted octanol–water partition coefficient (Wildman–Crippen LogP) is 10.2. The molecule has 376 valence electrons. The molecular formula is C52H76F2N6O8. The largest absolute Gasteiger partial charge is 0.478 e. The maximum absolute atomic E-state index is 14.9. The first kappa shape index (κ1) is 54.9. The number of likely N-dealkylation sites (tertiary alicyclic amines) is 2. The Balaban J connectivity index is 0.000000310. The third-order valence-corrected chi connectivity index (χ3v) is 12.8. The van der Waals surface area contributed by atoms with Crippen LogP contribution < -0.4 is 20.7 Å². The highest BCUT2D eigenvalue weighted by molar-refractivity contribution is 5.97. The number of rotatable bonds is 10. The van der Waals surface area contributed by atoms with Crippen molar-refractivity contribution in [1.82, 2.24) is 20.1 Å². The van der Waals surface area contributed by atoms with Crippen molar-refractivity contribution in [2.24, 2.45) is 0 Å². The Morgan fingerprint density at radius 3 is 1.43 bits per heavy atom. The van der Waals surface area contributed by atoms with Gasteiger partial charge in [-0.25, -0.2) is 23.2 Å². The zero-order valence-electron chi connectivity index (χ0n) is 43.2. The summed E-state index contributed by atoms with van der Waals surface area (Å²) in [6.45, 7) is 31.5. The van der Waals surface area contributed by atoms with E-state index in [9.17, 15) is 37.9 Å². The van der Waals surface area contributed by atoms with Crippen molar-refractivity contribution in [3.8, 4) is 0 Å². The third-order valence-electron chi connectivity index (χ3n) is 12.8. The van der Waals surface area contributed by atoms with Gasteiger partial charge in [0.25, 0.3) is 11.5 Å². The molecule has 2 aromatic carbocycles. The molecule has 14 nitrogen and oxygen atoms in total. The van der Waals surface area contributed by atoms with Crippen molar-refractivity contribution in [1.29, 1.82) is 0 Å². The van der Waals surface area contributed by atoms with E-state index in [1.807, 2.05) is 103 Å². The summed E-state index contributed by atoms with van der Waals surface area (Å²) in [5.74, 6) is -2.64. The number of carbonyl (C=O) groups is 4. The average Bonchev–Trinajstić information content (AvgIpc) is 3.18. The van der Waals surface area contributed by atoms with Gasteiger partial charge in [-0.1, -0.05) is 0 Å². The van der Waals surface area contributed by atoms with E-state index in [2.05, 4.69) is 20.1 Å². The van der Waals surface area contributed by atoms with Crippen molar-refractivity contribution >= 4 is 35.4 Å². The minimum absolute atomic E-state index is 0.0225. The first-order valence-electron chi connectivity index (χ1n) is 23.8. The molecule has 2 fully saturated rings. The molecule has 2 saturated heterocycles. The second kappa shape index (κ2) is 22.2. The second-order valence-corrected chi connectivity index (χ2v) is 20.6. The number of nitrogens with one attached hydrogen (secondary N) is 2. The summed E-state index contributed by atoms with van der Waals surface area (Å²) in [7, 11) is 0. The number of aromatic nitrogens is 1. The Kier molecular flexibility index (Phi) is 17.9. The number of H-pyrrole nitrogens is 1. The number of hydrogen-bond acceptors (Lipinski definition) is 9. The van der Waals surface area contributed by atoms with E-state index in [1.165, 1.54) is 18.2 Å². The molecule has 3 N–H and O–H groups in total. The van der Waals surface area contributed by atoms with E-state index in [4.69, 9.17) is 9.47 Å². The van der Waals surface area contributed by atoms with Gasteiger partial charge in [0, 0.05) is 84.1 Å². The molecule has 3 heterocycles. The number of aryl methyl sites for hydroxylation is 2. The normalized spacial score (nSPS) is 20.7. The van der Waals surface area contributed by atoms with Crippen LogP contribution in [0.15, 0.2) is 35.1 Å². The fraction of sp³-hybridized carbons (Fsp3) is 0.596. The number of aromatic amines is 1. The molecule has 0 unspecified atom stereocenters. The topological polar surface area (TPSA) is 165 Å². The number of carboxylic acids is 1. The highest BCUT2D eigenvalue weighted by Crippen LogP contribution is 2.36. The standard InChI is InChI=1S/C30H43FN4O4.C22H33FN2O4/c1-10-34(23-12-19(4)35(20(5)13-23)29(38)39-30(7,8)9)26-15-22(31)14-24(21(26)6)27(36)32-16-25-17(2)11-18(3)33-28(25)37;1-8-24(19-12-16(23)11-18(15(19)4)20(26)27)17-9-13(2)25(14(3)10-17)21(28)29-22(5,6)7/h11,14-15,19-20,23H,10,12-13,16H2,1-9H3,(H,32,36)(H,33,37);11-14,17H,8-10H2,1-7H3,(H,26,27)/t19-,20-;13-,14-/m11/s1. The monoisotopic (exact) mass is 951 g/mol. The summed E-state index contributed by atoms with van der Waals surface area (Å²) in [4.78, 5) is 73.1. The number of halogens is 2. The number of carboxylic acid groups (broad SMARTS) is 1. The van der Waals surface area contributed by atoms with Gasteiger partial charge in [-0.2, -0.15) is 0 Å². The van der Waals surface area contributed by atoms with Gasteiger partial charge in [0.2, 0.25) is 0 Å². The number of amides is 3. The van der Waals surface area contributed by atoms with Crippen LogP contribution >= 0.6 is 0 Å². The molecule has 0 saturated carbocycles. The van der Waals surface area contributed by atoms with E-state index in [1.54, 1.807) is 23.6 Å². The van der Waals surface area contributed by atoms with Gasteiger partial charge < -0.3 is 44.5 Å². The second-order valence-electron chi connectivity index (χ2n) is 20.6. The van der Waals surface area contributed by atoms with Crippen molar-refractivity contribution < 1.29 is 42.5 Å². The molecule has 0 bridgehead atoms. The Morgan fingerprint density at radius 1 is 0.691 bits per heavy atom. The molecule has 3 amide bonds. The van der Waals surface area contributed by atoms with Crippen LogP contribution in [-0.2, 0) is 16.0 Å². The third kappa shape index (κ3) is 13.5. The van der Waals surface area contributed by atoms with E-state index in [0.29, 0.717) is 66.8 Å². The molecular weight excluding hydrogens is 875 g/mol. The van der Waals surface area contributed by atoms with Crippen molar-refractivity contribution in [3.05, 3.63) is 91.4 Å². The van der Waals surface area contributed by atoms with Crippen molar-refractivity contribution in [2.75, 3.05) is 22.9 Å². The SMILES string of the molecule is CCN(c1cc(F)cc(C(=O)NCc2c(C)cc(C)[nH]c2=O)c1C)C1C[C@@H](C)N(C(=O)OC(C)(C)C)[C@H](C)C1.CCN(c1cc(F)cc(C(=O)O)c1C)C1C[C@@H](C)N(C(=O)OC(C)(C)C)[C@H](C)C1. The van der Waals surface area contributed by atoms with E-state index < -0.39 is 34.7 Å². The summed E-state index contributed by atoms with van der Waals surface area (Å²) in [5, 5.41) is 12.2. The Morgan fingerprint density at radius 2 is 1.07 bits per heavy atom. The molecule has 5 rings (SSSR count). The summed E-state index contributed by atoms with van der Waals surface area (Å²) >= 11 is 0. The molecule has 4 atom stereocenters. The van der Waals surface area contributed by atoms with Gasteiger partial charge in [0.15, 0.2) is 0 Å². The van der Waals surface area contributed by atoms with Crippen molar-refractivity contribution in [3.63, 3.8) is 0 Å². The van der Waals surface area contributed by atoms with Crippen LogP contribution in [0.5, 0.6) is 0 Å². The number of aromatic carboxylic acids is 1. The zero-order chi connectivity index (χ0) is 51.3. The molecule has 1 aromatic heterocycles. The number of piperidine rings is 2. The lowest BCUT2D eigenvalue weighted by molar-refractivity contribution is -0.00367. The molecule has 0 aliphatic carbocycles. The van der Waals surface area contributed by atoms with Crippen LogP contribution in [0.3, 0.4) is 0 Å². The van der Waals surface area contributed by atoms with Gasteiger partial charge in [0.1, 0.15) is 22.8 Å². The number of carbonyl (C=O) groups excluding carboxylic acids is 3. The Hall–Kier alpha value is -5.67. The van der Waals surface area contributed by atoms with Crippen molar-refractivity contribution in [2.45, 2.75) is 190 Å². The number of benzene rings is 2. The lowest BCUT2D eigenvalue weighted by Gasteiger charge is -2.47. The summed E-state index contributed by atoms with van der Waals surface area (Å²) in [6.07, 6.45) is 2.10.